The van der Waals surface area contributed by atoms with Crippen molar-refractivity contribution in [1.29, 1.82) is 0 Å². The van der Waals surface area contributed by atoms with E-state index >= 15 is 0 Å². The topological polar surface area (TPSA) is 68.7 Å². The van der Waals surface area contributed by atoms with E-state index in [1.54, 1.807) is 0 Å². The number of thiazole rings is 2. The van der Waals surface area contributed by atoms with E-state index in [4.69, 9.17) is 12.8 Å². The smallest absolute Gasteiger partial charge is 0.248 e. The van der Waals surface area contributed by atoms with Gasteiger partial charge in [-0.25, -0.2) is 0 Å². The Morgan fingerprint density at radius 3 is 1.43 bits per heavy atom. The van der Waals surface area contributed by atoms with Crippen LogP contribution in [0.5, 0.6) is 0 Å². The molecule has 2 heterocycles. The highest BCUT2D eigenvalue weighted by atomic mass is 32.1. The van der Waals surface area contributed by atoms with E-state index in [1.165, 1.54) is 33.8 Å². The average molecular weight is 599 g/mol. The van der Waals surface area contributed by atoms with Gasteiger partial charge in [-0.2, -0.15) is 9.98 Å². The number of carbonyl (C=O) groups is 2. The molecule has 0 spiro atoms. The zero-order chi connectivity index (χ0) is 30.2. The maximum atomic E-state index is 12.6. The van der Waals surface area contributed by atoms with Gasteiger partial charge in [-0.15, -0.1) is 12.8 Å². The van der Waals surface area contributed by atoms with E-state index in [0.29, 0.717) is 35.5 Å². The van der Waals surface area contributed by atoms with Crippen LogP contribution in [0.3, 0.4) is 0 Å². The molecule has 0 bridgehead atoms. The lowest BCUT2D eigenvalue weighted by molar-refractivity contribution is -0.119. The van der Waals surface area contributed by atoms with Crippen LogP contribution in [-0.2, 0) is 22.7 Å². The Morgan fingerprint density at radius 1 is 0.667 bits per heavy atom. The summed E-state index contributed by atoms with van der Waals surface area (Å²) in [4.78, 5) is 35.4. The second-order valence-corrected chi connectivity index (χ2v) is 12.9. The van der Waals surface area contributed by atoms with Gasteiger partial charge in [0.1, 0.15) is 0 Å². The van der Waals surface area contributed by atoms with Crippen LogP contribution in [-0.4, -0.2) is 20.9 Å². The summed E-state index contributed by atoms with van der Waals surface area (Å²) in [5.74, 6) is 5.17. The Bertz CT molecular complexity index is 1710. The third kappa shape index (κ3) is 7.56. The SMILES string of the molecule is C#CCn1c(=NC(=O)CCCCCCCCC(=O)N=c2sc3cc(C)cc(C)c3n2CC#C)sc2cc(C)cc(C)c21. The molecular weight excluding hydrogens is 561 g/mol. The van der Waals surface area contributed by atoms with Crippen molar-refractivity contribution in [2.75, 3.05) is 0 Å². The number of aryl methyl sites for hydroxylation is 4. The molecule has 2 amide bonds. The molecule has 0 N–H and O–H groups in total. The highest BCUT2D eigenvalue weighted by molar-refractivity contribution is 7.16. The van der Waals surface area contributed by atoms with Crippen molar-refractivity contribution in [3.8, 4) is 24.7 Å². The summed E-state index contributed by atoms with van der Waals surface area (Å²) in [7, 11) is 0. The quantitative estimate of drug-likeness (QED) is 0.139. The van der Waals surface area contributed by atoms with Gasteiger partial charge < -0.3 is 9.13 Å². The molecule has 4 rings (SSSR count). The molecule has 4 aromatic rings. The van der Waals surface area contributed by atoms with Crippen molar-refractivity contribution in [3.63, 3.8) is 0 Å². The summed E-state index contributed by atoms with van der Waals surface area (Å²) in [5.41, 5.74) is 6.75. The van der Waals surface area contributed by atoms with Gasteiger partial charge in [0.15, 0.2) is 9.60 Å². The number of hydrogen-bond donors (Lipinski definition) is 0. The number of benzene rings is 2. The molecule has 8 heteroatoms. The Balaban J connectivity index is 1.23. The predicted molar refractivity (Wildman–Crippen MR) is 174 cm³/mol. The number of amides is 2. The van der Waals surface area contributed by atoms with E-state index in [0.717, 1.165) is 70.1 Å². The van der Waals surface area contributed by atoms with Gasteiger partial charge >= 0.3 is 0 Å². The van der Waals surface area contributed by atoms with Crippen molar-refractivity contribution >= 4 is 54.9 Å². The number of nitrogens with zero attached hydrogens (tertiary/aromatic N) is 4. The summed E-state index contributed by atoms with van der Waals surface area (Å²) in [5, 5.41) is 0. The fraction of sp³-hybridized carbons (Fsp3) is 0.412. The minimum atomic E-state index is -0.109. The fourth-order valence-electron chi connectivity index (χ4n) is 5.41. The molecule has 42 heavy (non-hydrogen) atoms. The Morgan fingerprint density at radius 2 is 1.05 bits per heavy atom. The molecule has 0 atom stereocenters. The van der Waals surface area contributed by atoms with Crippen molar-refractivity contribution in [1.82, 2.24) is 9.13 Å². The number of fused-ring (bicyclic) bond motifs is 2. The third-order valence-electron chi connectivity index (χ3n) is 7.19. The monoisotopic (exact) mass is 598 g/mol. The van der Waals surface area contributed by atoms with Gasteiger partial charge in [0.05, 0.1) is 33.5 Å². The molecule has 0 unspecified atom stereocenters. The average Bonchev–Trinajstić information content (AvgIpc) is 3.43. The molecule has 0 saturated carbocycles. The largest absolute Gasteiger partial charge is 0.304 e. The Kier molecular flexibility index (Phi) is 10.7. The molecule has 0 aliphatic heterocycles. The summed E-state index contributed by atoms with van der Waals surface area (Å²) >= 11 is 3.03. The maximum absolute atomic E-state index is 12.6. The van der Waals surface area contributed by atoms with Crippen LogP contribution in [0.2, 0.25) is 0 Å². The van der Waals surface area contributed by atoms with Crippen molar-refractivity contribution in [2.24, 2.45) is 9.98 Å². The number of rotatable bonds is 11. The molecule has 0 aliphatic carbocycles. The number of aromatic nitrogens is 2. The van der Waals surface area contributed by atoms with Crippen LogP contribution in [0.1, 0.15) is 73.6 Å². The minimum absolute atomic E-state index is 0.109. The zero-order valence-corrected chi connectivity index (χ0v) is 26.6. The van der Waals surface area contributed by atoms with Gasteiger partial charge in [-0.3, -0.25) is 9.59 Å². The zero-order valence-electron chi connectivity index (χ0n) is 25.0. The predicted octanol–water partition coefficient (Wildman–Crippen LogP) is 6.89. The van der Waals surface area contributed by atoms with Gasteiger partial charge in [0.25, 0.3) is 0 Å². The van der Waals surface area contributed by atoms with Gasteiger partial charge in [0, 0.05) is 12.8 Å². The van der Waals surface area contributed by atoms with Gasteiger partial charge in [-0.05, 0) is 74.9 Å². The molecule has 0 saturated heterocycles. The lowest BCUT2D eigenvalue weighted by atomic mass is 10.1. The first-order valence-corrected chi connectivity index (χ1v) is 16.1. The second-order valence-electron chi connectivity index (χ2n) is 10.8. The molecule has 6 nitrogen and oxygen atoms in total. The number of carbonyl (C=O) groups excluding carboxylic acids is 2. The minimum Gasteiger partial charge on any atom is -0.304 e. The van der Waals surface area contributed by atoms with Crippen molar-refractivity contribution in [3.05, 3.63) is 56.1 Å². The first kappa shape index (κ1) is 31.2. The lowest BCUT2D eigenvalue weighted by Gasteiger charge is -2.04. The maximum Gasteiger partial charge on any atom is 0.248 e. The fourth-order valence-corrected chi connectivity index (χ4v) is 7.86. The highest BCUT2D eigenvalue weighted by Crippen LogP contribution is 2.24. The van der Waals surface area contributed by atoms with E-state index in [-0.39, 0.29) is 11.8 Å². The number of unbranched alkanes of at least 4 members (excludes halogenated alkanes) is 5. The lowest BCUT2D eigenvalue weighted by Crippen LogP contribution is -2.16. The van der Waals surface area contributed by atoms with Crippen LogP contribution >= 0.6 is 22.7 Å². The second kappa shape index (κ2) is 14.4. The first-order chi connectivity index (χ1) is 20.2. The van der Waals surface area contributed by atoms with Crippen molar-refractivity contribution in [2.45, 2.75) is 92.2 Å². The molecule has 0 radical (unpaired) electrons. The van der Waals surface area contributed by atoms with Crippen LogP contribution in [0.15, 0.2) is 34.3 Å². The summed E-state index contributed by atoms with van der Waals surface area (Å²) < 4.78 is 6.14. The van der Waals surface area contributed by atoms with E-state index in [9.17, 15) is 9.59 Å². The highest BCUT2D eigenvalue weighted by Gasteiger charge is 2.12. The van der Waals surface area contributed by atoms with E-state index in [2.05, 4.69) is 73.8 Å². The first-order valence-electron chi connectivity index (χ1n) is 14.4. The van der Waals surface area contributed by atoms with Gasteiger partial charge in [0.2, 0.25) is 11.8 Å². The Labute approximate surface area is 255 Å². The Hall–Kier alpha value is -3.72. The van der Waals surface area contributed by atoms with Crippen LogP contribution in [0, 0.1) is 52.4 Å². The molecular formula is C34H38N4O2S2. The summed E-state index contributed by atoms with van der Waals surface area (Å²) in [6, 6.07) is 8.49. The molecule has 2 aromatic carbocycles. The summed E-state index contributed by atoms with van der Waals surface area (Å²) in [6.45, 7) is 9.04. The molecule has 0 fully saturated rings. The normalized spacial score (nSPS) is 12.2. The summed E-state index contributed by atoms with van der Waals surface area (Å²) in [6.07, 6.45) is 17.6. The van der Waals surface area contributed by atoms with Crippen molar-refractivity contribution < 1.29 is 9.59 Å². The molecule has 2 aromatic heterocycles. The third-order valence-corrected chi connectivity index (χ3v) is 9.25. The van der Waals surface area contributed by atoms with Gasteiger partial charge in [-0.1, -0.05) is 72.3 Å². The molecule has 218 valence electrons. The number of terminal acetylenes is 2. The number of hydrogen-bond acceptors (Lipinski definition) is 4. The van der Waals surface area contributed by atoms with Crippen LogP contribution < -0.4 is 9.60 Å². The van der Waals surface area contributed by atoms with Crippen LogP contribution in [0.4, 0.5) is 0 Å². The molecule has 0 aliphatic rings. The van der Waals surface area contributed by atoms with E-state index in [1.807, 2.05) is 9.13 Å². The standard InChI is InChI=1S/C34H38N4O2S2/c1-7-17-37-31-25(5)19-23(3)21-27(31)41-33(37)35-29(39)15-13-11-9-10-12-14-16-30(40)36-34-38(18-8-2)32-26(6)20-24(4)22-28(32)42-34/h1-2,19-22H,9-18H2,3-6H3. The van der Waals surface area contributed by atoms with Crippen LogP contribution in [0.25, 0.3) is 20.4 Å². The van der Waals surface area contributed by atoms with E-state index < -0.39 is 0 Å².